The Hall–Kier alpha value is -6.26. The molecular weight excluding hydrogens is 2180 g/mol. The molecule has 0 radical (unpaired) electrons. The van der Waals surface area contributed by atoms with Gasteiger partial charge in [-0.25, -0.2) is 6.57 Å². The Bertz CT molecular complexity index is 4970. The molecule has 0 amide bonds. The monoisotopic (exact) mass is 2360 g/mol. The molecule has 16 atom stereocenters. The van der Waals surface area contributed by atoms with E-state index in [1.165, 1.54) is 51.0 Å². The van der Waals surface area contributed by atoms with Gasteiger partial charge in [0.1, 0.15) is 28.4 Å². The average molecular weight is 2360 g/mol. The van der Waals surface area contributed by atoms with Crippen molar-refractivity contribution in [1.29, 1.82) is 0 Å². The van der Waals surface area contributed by atoms with Gasteiger partial charge in [0.25, 0.3) is 25.0 Å². The third-order valence-electron chi connectivity index (χ3n) is 29.2. The molecule has 0 spiro atoms. The van der Waals surface area contributed by atoms with Gasteiger partial charge in [0.2, 0.25) is 6.04 Å². The molecule has 0 saturated carbocycles. The number of halogens is 3. The van der Waals surface area contributed by atoms with E-state index in [0.717, 1.165) is 109 Å². The molecule has 29 heteroatoms. The number of benzene rings is 6. The third kappa shape index (κ3) is 37.2. The molecule has 7 heterocycles. The SMILES string of the molecule is C.C.CC(=O)/C=C(\N)[C@H](C)CC1CC[C@@H]2O[C@@H](CCCOC(=O)C(C)(C)C)C[C@]2(CO[Si](c2ccccc2)(c2ccccc2)C(C)(C)C)O1.CC(=O)CBr.CC(=O)[C@H](C)CC1CC[C@@H]2O[C@@H](CCCOC(=O)C(C)(C)C)C[C@]2(CO[Si](c2ccccc2)(c2ccccc2)C(C)(C)C)O1.F.I.OC1CCCO1.[C-]#[N+][C@H](C)CC1CC[C@@H]2O[C@@H](CCCOC(=O)C(C)(C)C)C[C@]2(CO[Si](c2ccccc2)(c2ccccc2)C(C)(C)C)O1.[Zn]. The first-order valence-electron chi connectivity index (χ1n) is 53.2. The minimum Gasteiger partial charge on any atom is -0.465 e. The molecule has 6 aromatic carbocycles. The van der Waals surface area contributed by atoms with Gasteiger partial charge in [-0.2, -0.15) is 0 Å². The number of carbonyl (C=O) groups is 6. The van der Waals surface area contributed by atoms with E-state index < -0.39 is 64.3 Å². The van der Waals surface area contributed by atoms with E-state index in [1.807, 2.05) is 76.2 Å². The third-order valence-corrected chi connectivity index (χ3v) is 44.9. The molecule has 0 bridgehead atoms. The van der Waals surface area contributed by atoms with Crippen molar-refractivity contribution in [3.05, 3.63) is 205 Å². The number of alkyl halides is 1. The van der Waals surface area contributed by atoms with Gasteiger partial charge in [0, 0.05) is 76.7 Å². The fraction of sp³-hybridized carbons (Fsp3) is 0.628. The standard InChI is InChI=1S/C39H57NO6Si.C37H54O6Si.C36H51NO5Si.C4H8O2.C3H5BrO.2CH4.FH.HI.Zn/c1-28(34(40)25-29(2)41)24-30-21-22-35-39(46-30,26-31(45-35)16-15-23-43-36(42)37(3,4)5)27-44-47(38(6,7)8,32-17-11-9-12-18-32)33-19-13-10-14-20-33;1-27(28(2)38)24-29-21-22-33-37(43-29,25-30(42-33)16-15-23-40-34(39)35(3,4)5)26-41-44(36(6,7)8,31-17-11-9-12-18-31)32-19-13-10-14-20-32;1-27(37-8)24-28-21-22-32-36(42-28,25-29(41-32)16-15-23-39-33(38)34(2,3)4)26-40-43(35(5,6)7,30-17-11-9-12-18-30)31-19-13-10-14-20-31;5-4-2-1-3-6-4;1-3(5)2-4;;;;;/h9-14,17-20,25,28,30-31,35H,15-16,21-24,26-27,40H2,1-8H3;9-14,17-20,27,29-30,33H,15-16,21-26H2,1-8H3;9-14,17-20,27-29,32H,15-16,21-26H2,1-7H3;4-5H,1-3H2;2H2,1H3;2*1H4;2*1H;/b34-25-;;;;;;;;;/t28-,30?,31+,35+,39-;27-,29?,30+,33+,37-;27-,28?,29+,32+,36-;;;;;;;/m111......./s1. The summed E-state index contributed by atoms with van der Waals surface area (Å²) < 4.78 is 85.1. The molecule has 7 aliphatic rings. The van der Waals surface area contributed by atoms with Crippen LogP contribution in [0.2, 0.25) is 15.1 Å². The molecule has 6 aromatic rings. The number of fused-ring (bicyclic) bond motifs is 3. The fourth-order valence-electron chi connectivity index (χ4n) is 21.4. The van der Waals surface area contributed by atoms with Gasteiger partial charge in [0.15, 0.2) is 12.1 Å². The van der Waals surface area contributed by atoms with Crippen LogP contribution in [0.4, 0.5) is 4.70 Å². The second-order valence-corrected chi connectivity index (χ2v) is 61.1. The molecule has 3 N–H and O–H groups in total. The smallest absolute Gasteiger partial charge is 0.311 e. The second-order valence-electron chi connectivity index (χ2n) is 47.6. The van der Waals surface area contributed by atoms with E-state index >= 15 is 0 Å². The summed E-state index contributed by atoms with van der Waals surface area (Å²) in [6.07, 6.45) is 16.5. The quantitative estimate of drug-likeness (QED) is 0.00536. The number of aliphatic hydroxyl groups is 1. The summed E-state index contributed by atoms with van der Waals surface area (Å²) in [5.41, 5.74) is 3.51. The van der Waals surface area contributed by atoms with Crippen LogP contribution in [0.25, 0.3) is 4.85 Å². The van der Waals surface area contributed by atoms with Gasteiger partial charge in [-0.05, 0) is 238 Å². The van der Waals surface area contributed by atoms with Gasteiger partial charge in [-0.3, -0.25) is 33.5 Å². The van der Waals surface area contributed by atoms with Crippen molar-refractivity contribution in [2.45, 2.75) is 409 Å². The van der Waals surface area contributed by atoms with E-state index in [2.05, 4.69) is 272 Å². The second kappa shape index (κ2) is 61.0. The number of hydrogen-bond acceptors (Lipinski definition) is 21. The molecule has 7 saturated heterocycles. The van der Waals surface area contributed by atoms with Crippen LogP contribution < -0.4 is 36.9 Å². The van der Waals surface area contributed by atoms with E-state index in [-0.39, 0.29) is 186 Å². The Labute approximate surface area is 941 Å². The minimum atomic E-state index is -2.83. The Morgan fingerprint density at radius 3 is 0.907 bits per heavy atom. The summed E-state index contributed by atoms with van der Waals surface area (Å²) >= 11 is 2.96. The number of allylic oxidation sites excluding steroid dienone is 2. The van der Waals surface area contributed by atoms with Crippen molar-refractivity contribution in [2.24, 2.45) is 33.8 Å². The summed E-state index contributed by atoms with van der Waals surface area (Å²) in [5.74, 6) is -0.277. The fourth-order valence-corrected chi connectivity index (χ4v) is 35.2. The van der Waals surface area contributed by atoms with Crippen LogP contribution in [0.1, 0.15) is 309 Å². The molecule has 13 rings (SSSR count). The minimum absolute atomic E-state index is 0. The van der Waals surface area contributed by atoms with Crippen LogP contribution in [-0.2, 0) is 109 Å². The zero-order chi connectivity index (χ0) is 107. The molecule has 834 valence electrons. The predicted octanol–water partition coefficient (Wildman–Crippen LogP) is 22.9. The molecule has 150 heavy (non-hydrogen) atoms. The normalized spacial score (nSPS) is 23.8. The number of rotatable bonds is 37. The van der Waals surface area contributed by atoms with Crippen LogP contribution in [0.5, 0.6) is 0 Å². The molecule has 0 aliphatic carbocycles. The summed E-state index contributed by atoms with van der Waals surface area (Å²) in [6.45, 7) is 58.9. The maximum atomic E-state index is 12.3. The average Bonchev–Trinajstić information content (AvgIpc) is 1.36. The van der Waals surface area contributed by atoms with E-state index in [1.54, 1.807) is 6.92 Å². The van der Waals surface area contributed by atoms with Crippen LogP contribution in [0.15, 0.2) is 194 Å². The number of ether oxygens (including phenoxy) is 10. The van der Waals surface area contributed by atoms with Gasteiger partial charge >= 0.3 is 17.9 Å². The first-order chi connectivity index (χ1) is 68.2. The first kappa shape index (κ1) is 136. The van der Waals surface area contributed by atoms with Gasteiger partial charge in [-0.15, -0.1) is 24.0 Å². The van der Waals surface area contributed by atoms with Crippen LogP contribution in [0.3, 0.4) is 0 Å². The number of hydrogen-bond donors (Lipinski definition) is 2. The zero-order valence-corrected chi connectivity index (χ0v) is 103. The number of nitrogens with two attached hydrogens (primary N) is 1. The van der Waals surface area contributed by atoms with E-state index in [0.29, 0.717) is 76.4 Å². The van der Waals surface area contributed by atoms with Gasteiger partial charge in [0.05, 0.1) is 116 Å². The molecule has 0 aromatic heterocycles. The Balaban J connectivity index is 0.000000437. The largest absolute Gasteiger partial charge is 0.465 e. The molecule has 7 aliphatic heterocycles. The first-order valence-corrected chi connectivity index (χ1v) is 60.0. The van der Waals surface area contributed by atoms with Crippen LogP contribution in [0, 0.1) is 34.7 Å². The maximum absolute atomic E-state index is 12.3. The zero-order valence-electron chi connectivity index (χ0n) is 93.3. The van der Waals surface area contributed by atoms with Crippen LogP contribution >= 0.6 is 39.9 Å². The maximum Gasteiger partial charge on any atom is 0.311 e. The Kier molecular flexibility index (Phi) is 55.4. The molecule has 4 unspecified atom stereocenters. The summed E-state index contributed by atoms with van der Waals surface area (Å²) in [4.78, 5) is 74.3. The molecule has 7 fully saturated rings. The van der Waals surface area contributed by atoms with Gasteiger partial charge < -0.3 is 76.3 Å². The van der Waals surface area contributed by atoms with Crippen molar-refractivity contribution >= 4 is 131 Å². The number of nitrogens with zero attached hydrogens (tertiary/aromatic N) is 1. The Morgan fingerprint density at radius 1 is 0.440 bits per heavy atom. The topological polar surface area (TPSA) is 273 Å². The Morgan fingerprint density at radius 2 is 0.700 bits per heavy atom. The van der Waals surface area contributed by atoms with Crippen molar-refractivity contribution in [3.8, 4) is 0 Å². The number of aliphatic hydroxyl groups excluding tert-OH is 1. The molecular formula is C121H185BrFIN2O20Si3Zn. The van der Waals surface area contributed by atoms with Crippen LogP contribution in [-0.4, -0.2) is 201 Å². The van der Waals surface area contributed by atoms with Crippen molar-refractivity contribution in [1.82, 2.24) is 0 Å². The van der Waals surface area contributed by atoms with Crippen molar-refractivity contribution in [2.75, 3.05) is 51.6 Å². The summed E-state index contributed by atoms with van der Waals surface area (Å²) in [7, 11) is -8.42. The number of ketones is 3. The summed E-state index contributed by atoms with van der Waals surface area (Å²) in [6, 6.07) is 64.1. The van der Waals surface area contributed by atoms with E-state index in [9.17, 15) is 28.8 Å². The molecule has 22 nitrogen and oxygen atoms in total. The van der Waals surface area contributed by atoms with Gasteiger partial charge in [-0.1, -0.05) is 289 Å². The van der Waals surface area contributed by atoms with Crippen molar-refractivity contribution in [3.63, 3.8) is 0 Å². The number of esters is 3. The number of carbonyl (C=O) groups excluding carboxylic acids is 6. The van der Waals surface area contributed by atoms with Crippen molar-refractivity contribution < 1.29 is 119 Å². The van der Waals surface area contributed by atoms with E-state index in [4.69, 9.17) is 78.1 Å². The number of Topliss-reactive ketones (excluding diaryl/α,β-unsaturated/α-hetero) is 2. The summed E-state index contributed by atoms with van der Waals surface area (Å²) in [5, 5.41) is 15.9. The predicted molar refractivity (Wildman–Crippen MR) is 619 cm³/mol.